The van der Waals surface area contributed by atoms with E-state index in [4.69, 9.17) is 0 Å². The normalized spacial score (nSPS) is 12.2. The number of hydrogen-bond acceptors (Lipinski definition) is 3. The lowest BCUT2D eigenvalue weighted by atomic mass is 10.2. The molecule has 0 aromatic heterocycles. The van der Waals surface area contributed by atoms with Gasteiger partial charge in [0.25, 0.3) is 0 Å². The Morgan fingerprint density at radius 1 is 1.17 bits per heavy atom. The van der Waals surface area contributed by atoms with Gasteiger partial charge in [-0.2, -0.15) is 0 Å². The topological polar surface area (TPSA) is 57.7 Å². The standard InChI is InChI=1S/C12H26N2O3S/c1-6-13(7-2)12(15)8-9-14(10-11(3)4)18(5,16)17/h11H,6-10H2,1-5H3. The summed E-state index contributed by atoms with van der Waals surface area (Å²) in [6, 6.07) is 0. The van der Waals surface area contributed by atoms with Crippen LogP contribution in [0.4, 0.5) is 0 Å². The van der Waals surface area contributed by atoms with Crippen molar-refractivity contribution < 1.29 is 13.2 Å². The molecule has 0 atom stereocenters. The maximum Gasteiger partial charge on any atom is 0.223 e. The molecule has 0 unspecified atom stereocenters. The average molecular weight is 278 g/mol. The molecule has 1 amide bonds. The third-order valence-electron chi connectivity index (χ3n) is 2.73. The van der Waals surface area contributed by atoms with Gasteiger partial charge in [0.2, 0.25) is 15.9 Å². The Bertz CT molecular complexity index is 348. The SMILES string of the molecule is CCN(CC)C(=O)CCN(CC(C)C)S(C)(=O)=O. The largest absolute Gasteiger partial charge is 0.343 e. The van der Waals surface area contributed by atoms with E-state index < -0.39 is 10.0 Å². The van der Waals surface area contributed by atoms with Crippen molar-refractivity contribution in [3.63, 3.8) is 0 Å². The van der Waals surface area contributed by atoms with Crippen LogP contribution in [0.1, 0.15) is 34.1 Å². The Labute approximate surface area is 111 Å². The summed E-state index contributed by atoms with van der Waals surface area (Å²) in [4.78, 5) is 13.5. The van der Waals surface area contributed by atoms with Gasteiger partial charge in [0, 0.05) is 32.6 Å². The summed E-state index contributed by atoms with van der Waals surface area (Å²) >= 11 is 0. The first-order valence-electron chi connectivity index (χ1n) is 6.45. The third-order valence-corrected chi connectivity index (χ3v) is 4.00. The van der Waals surface area contributed by atoms with E-state index in [0.29, 0.717) is 19.6 Å². The van der Waals surface area contributed by atoms with Crippen LogP contribution in [0, 0.1) is 5.92 Å². The molecular formula is C12H26N2O3S. The highest BCUT2D eigenvalue weighted by molar-refractivity contribution is 7.88. The first-order valence-corrected chi connectivity index (χ1v) is 8.30. The van der Waals surface area contributed by atoms with E-state index in [1.54, 1.807) is 4.90 Å². The Morgan fingerprint density at radius 2 is 1.67 bits per heavy atom. The predicted octanol–water partition coefficient (Wildman–Crippen LogP) is 1.16. The molecule has 6 heteroatoms. The molecule has 0 saturated heterocycles. The molecule has 0 aliphatic rings. The van der Waals surface area contributed by atoms with Crippen LogP contribution in [0.2, 0.25) is 0 Å². The molecule has 0 radical (unpaired) electrons. The molecule has 0 bridgehead atoms. The second-order valence-corrected chi connectivity index (χ2v) is 6.81. The number of amides is 1. The van der Waals surface area contributed by atoms with Crippen LogP contribution in [-0.4, -0.2) is 56.0 Å². The molecular weight excluding hydrogens is 252 g/mol. The van der Waals surface area contributed by atoms with Gasteiger partial charge in [-0.3, -0.25) is 4.79 Å². The zero-order valence-corrected chi connectivity index (χ0v) is 13.0. The summed E-state index contributed by atoms with van der Waals surface area (Å²) in [6.45, 7) is 9.83. The van der Waals surface area contributed by atoms with Gasteiger partial charge in [0.15, 0.2) is 0 Å². The van der Waals surface area contributed by atoms with Crippen LogP contribution < -0.4 is 0 Å². The molecule has 18 heavy (non-hydrogen) atoms. The van der Waals surface area contributed by atoms with Gasteiger partial charge in [0.05, 0.1) is 6.26 Å². The van der Waals surface area contributed by atoms with Crippen molar-refractivity contribution in [2.45, 2.75) is 34.1 Å². The van der Waals surface area contributed by atoms with E-state index in [0.717, 1.165) is 0 Å². The van der Waals surface area contributed by atoms with Gasteiger partial charge >= 0.3 is 0 Å². The fraction of sp³-hybridized carbons (Fsp3) is 0.917. The zero-order valence-electron chi connectivity index (χ0n) is 12.1. The van der Waals surface area contributed by atoms with Crippen LogP contribution >= 0.6 is 0 Å². The summed E-state index contributed by atoms with van der Waals surface area (Å²) in [5.74, 6) is 0.265. The number of hydrogen-bond donors (Lipinski definition) is 0. The van der Waals surface area contributed by atoms with Gasteiger partial charge in [-0.05, 0) is 19.8 Å². The highest BCUT2D eigenvalue weighted by Crippen LogP contribution is 2.06. The minimum Gasteiger partial charge on any atom is -0.343 e. The van der Waals surface area contributed by atoms with E-state index >= 15 is 0 Å². The molecule has 0 saturated carbocycles. The van der Waals surface area contributed by atoms with Gasteiger partial charge < -0.3 is 4.90 Å². The zero-order chi connectivity index (χ0) is 14.3. The summed E-state index contributed by atoms with van der Waals surface area (Å²) in [5, 5.41) is 0. The molecule has 108 valence electrons. The van der Waals surface area contributed by atoms with Gasteiger partial charge in [0.1, 0.15) is 0 Å². The summed E-state index contributed by atoms with van der Waals surface area (Å²) in [5.41, 5.74) is 0. The van der Waals surface area contributed by atoms with Crippen LogP contribution in [0.25, 0.3) is 0 Å². The van der Waals surface area contributed by atoms with E-state index in [9.17, 15) is 13.2 Å². The second kappa shape index (κ2) is 7.74. The Balaban J connectivity index is 4.49. The van der Waals surface area contributed by atoms with Crippen LogP contribution in [0.5, 0.6) is 0 Å². The van der Waals surface area contributed by atoms with E-state index in [1.165, 1.54) is 10.6 Å². The quantitative estimate of drug-likeness (QED) is 0.669. The van der Waals surface area contributed by atoms with Gasteiger partial charge in [-0.1, -0.05) is 13.8 Å². The van der Waals surface area contributed by atoms with Crippen molar-refractivity contribution in [2.75, 3.05) is 32.4 Å². The Morgan fingerprint density at radius 3 is 2.00 bits per heavy atom. The molecule has 5 nitrogen and oxygen atoms in total. The molecule has 0 aliphatic heterocycles. The second-order valence-electron chi connectivity index (χ2n) is 4.83. The summed E-state index contributed by atoms with van der Waals surface area (Å²) in [6.07, 6.45) is 1.44. The van der Waals surface area contributed by atoms with E-state index in [1.807, 2.05) is 27.7 Å². The fourth-order valence-electron chi connectivity index (χ4n) is 1.75. The Kier molecular flexibility index (Phi) is 7.47. The number of carbonyl (C=O) groups excluding carboxylic acids is 1. The molecule has 0 aromatic carbocycles. The molecule has 0 heterocycles. The van der Waals surface area contributed by atoms with Crippen LogP contribution in [-0.2, 0) is 14.8 Å². The van der Waals surface area contributed by atoms with Crippen molar-refractivity contribution in [3.8, 4) is 0 Å². The highest BCUT2D eigenvalue weighted by Gasteiger charge is 2.20. The number of rotatable bonds is 8. The van der Waals surface area contributed by atoms with E-state index in [-0.39, 0.29) is 24.8 Å². The minimum absolute atomic E-state index is 0.0115. The van der Waals surface area contributed by atoms with Crippen molar-refractivity contribution in [1.82, 2.24) is 9.21 Å². The smallest absolute Gasteiger partial charge is 0.223 e. The lowest BCUT2D eigenvalue weighted by Crippen LogP contribution is -2.38. The lowest BCUT2D eigenvalue weighted by Gasteiger charge is -2.24. The average Bonchev–Trinajstić information content (AvgIpc) is 2.23. The fourth-order valence-corrected chi connectivity index (χ4v) is 2.75. The van der Waals surface area contributed by atoms with Crippen LogP contribution in [0.3, 0.4) is 0 Å². The maximum absolute atomic E-state index is 11.8. The van der Waals surface area contributed by atoms with Crippen molar-refractivity contribution in [3.05, 3.63) is 0 Å². The van der Waals surface area contributed by atoms with Crippen molar-refractivity contribution in [2.24, 2.45) is 5.92 Å². The highest BCUT2D eigenvalue weighted by atomic mass is 32.2. The number of nitrogens with zero attached hydrogens (tertiary/aromatic N) is 2. The summed E-state index contributed by atoms with van der Waals surface area (Å²) < 4.78 is 24.6. The molecule has 0 aliphatic carbocycles. The first-order chi connectivity index (χ1) is 8.22. The molecule has 0 rings (SSSR count). The summed E-state index contributed by atoms with van der Waals surface area (Å²) in [7, 11) is -3.23. The first kappa shape index (κ1) is 17.4. The van der Waals surface area contributed by atoms with Gasteiger partial charge in [-0.25, -0.2) is 12.7 Å². The molecule has 0 fully saturated rings. The van der Waals surface area contributed by atoms with Crippen molar-refractivity contribution >= 4 is 15.9 Å². The maximum atomic E-state index is 11.8. The molecule has 0 aromatic rings. The molecule has 0 N–H and O–H groups in total. The predicted molar refractivity (Wildman–Crippen MR) is 73.8 cm³/mol. The molecule has 0 spiro atoms. The lowest BCUT2D eigenvalue weighted by molar-refractivity contribution is -0.130. The van der Waals surface area contributed by atoms with Crippen LogP contribution in [0.15, 0.2) is 0 Å². The monoisotopic (exact) mass is 278 g/mol. The van der Waals surface area contributed by atoms with E-state index in [2.05, 4.69) is 0 Å². The van der Waals surface area contributed by atoms with Crippen molar-refractivity contribution in [1.29, 1.82) is 0 Å². The minimum atomic E-state index is -3.23. The number of sulfonamides is 1. The Hall–Kier alpha value is -0.620. The van der Waals surface area contributed by atoms with Gasteiger partial charge in [-0.15, -0.1) is 0 Å². The number of carbonyl (C=O) groups is 1. The third kappa shape index (κ3) is 6.35.